The molecule has 2 rings (SSSR count). The lowest BCUT2D eigenvalue weighted by molar-refractivity contribution is 0.0998. The molecule has 1 aromatic rings. The normalized spacial score (nSPS) is 21.6. The summed E-state index contributed by atoms with van der Waals surface area (Å²) >= 11 is 0. The molecule has 0 aromatic heterocycles. The van der Waals surface area contributed by atoms with Gasteiger partial charge in [0.25, 0.3) is 0 Å². The third-order valence-corrected chi connectivity index (χ3v) is 3.10. The van der Waals surface area contributed by atoms with Gasteiger partial charge >= 0.3 is 0 Å². The molecule has 0 spiro atoms. The van der Waals surface area contributed by atoms with Crippen molar-refractivity contribution in [2.45, 2.75) is 25.5 Å². The summed E-state index contributed by atoms with van der Waals surface area (Å²) in [7, 11) is 0. The summed E-state index contributed by atoms with van der Waals surface area (Å²) in [6, 6.07) is 10.3. The largest absolute Gasteiger partial charge is 0.381 e. The van der Waals surface area contributed by atoms with Crippen LogP contribution in [0.5, 0.6) is 0 Å². The Balaban J connectivity index is 1.61. The van der Waals surface area contributed by atoms with Crippen molar-refractivity contribution in [2.24, 2.45) is 11.7 Å². The van der Waals surface area contributed by atoms with Gasteiger partial charge in [0, 0.05) is 19.3 Å². The van der Waals surface area contributed by atoms with Crippen LogP contribution in [0, 0.1) is 5.92 Å². The number of benzene rings is 1. The van der Waals surface area contributed by atoms with Crippen molar-refractivity contribution >= 4 is 0 Å². The first kappa shape index (κ1) is 12.6. The van der Waals surface area contributed by atoms with Crippen LogP contribution in [-0.4, -0.2) is 25.9 Å². The molecule has 3 nitrogen and oxygen atoms in total. The van der Waals surface area contributed by atoms with Crippen LogP contribution in [0.2, 0.25) is 0 Å². The van der Waals surface area contributed by atoms with E-state index in [0.29, 0.717) is 19.1 Å². The van der Waals surface area contributed by atoms with Crippen LogP contribution in [0.25, 0.3) is 0 Å². The van der Waals surface area contributed by atoms with E-state index in [0.717, 1.165) is 26.1 Å². The Morgan fingerprint density at radius 2 is 2.18 bits per heavy atom. The Labute approximate surface area is 103 Å². The van der Waals surface area contributed by atoms with Crippen molar-refractivity contribution in [3.8, 4) is 0 Å². The summed E-state index contributed by atoms with van der Waals surface area (Å²) in [6.07, 6.45) is 2.15. The second-order valence-corrected chi connectivity index (χ2v) is 4.73. The van der Waals surface area contributed by atoms with E-state index < -0.39 is 0 Å². The summed E-state index contributed by atoms with van der Waals surface area (Å²) in [5.41, 5.74) is 7.24. The predicted octanol–water partition coefficient (Wildman–Crippen LogP) is 1.96. The second-order valence-electron chi connectivity index (χ2n) is 4.73. The number of hydrogen-bond donors (Lipinski definition) is 1. The van der Waals surface area contributed by atoms with Gasteiger partial charge in [0.05, 0.1) is 13.2 Å². The van der Waals surface area contributed by atoms with E-state index in [1.807, 2.05) is 18.2 Å². The van der Waals surface area contributed by atoms with E-state index in [4.69, 9.17) is 15.2 Å². The van der Waals surface area contributed by atoms with Gasteiger partial charge in [-0.2, -0.15) is 0 Å². The van der Waals surface area contributed by atoms with Crippen LogP contribution in [0.1, 0.15) is 18.4 Å². The molecule has 2 N–H and O–H groups in total. The van der Waals surface area contributed by atoms with Crippen LogP contribution in [-0.2, 0) is 16.1 Å². The SMILES string of the molecule is NC(COCc1ccccc1)CC1CCOC1. The number of nitrogens with two attached hydrogens (primary N) is 1. The third kappa shape index (κ3) is 4.46. The monoisotopic (exact) mass is 235 g/mol. The fourth-order valence-electron chi connectivity index (χ4n) is 2.17. The quantitative estimate of drug-likeness (QED) is 0.819. The lowest BCUT2D eigenvalue weighted by Crippen LogP contribution is -2.29. The Morgan fingerprint density at radius 3 is 2.88 bits per heavy atom. The molecule has 0 saturated carbocycles. The second kappa shape index (κ2) is 6.74. The fourth-order valence-corrected chi connectivity index (χ4v) is 2.17. The zero-order valence-electron chi connectivity index (χ0n) is 10.2. The molecule has 2 unspecified atom stereocenters. The fraction of sp³-hybridized carbons (Fsp3) is 0.571. The summed E-state index contributed by atoms with van der Waals surface area (Å²) in [6.45, 7) is 3.04. The molecule has 3 heteroatoms. The Morgan fingerprint density at radius 1 is 1.35 bits per heavy atom. The van der Waals surface area contributed by atoms with Gasteiger partial charge in [-0.15, -0.1) is 0 Å². The molecule has 2 atom stereocenters. The summed E-state index contributed by atoms with van der Waals surface area (Å²) in [5.74, 6) is 0.630. The van der Waals surface area contributed by atoms with Gasteiger partial charge in [0.1, 0.15) is 0 Å². The van der Waals surface area contributed by atoms with Gasteiger partial charge in [0.15, 0.2) is 0 Å². The van der Waals surface area contributed by atoms with E-state index in [1.165, 1.54) is 5.56 Å². The Bertz CT molecular complexity index is 309. The van der Waals surface area contributed by atoms with Crippen molar-refractivity contribution in [3.05, 3.63) is 35.9 Å². The molecule has 1 heterocycles. The molecule has 1 aromatic carbocycles. The molecule has 1 aliphatic heterocycles. The maximum Gasteiger partial charge on any atom is 0.0717 e. The summed E-state index contributed by atoms with van der Waals surface area (Å²) in [4.78, 5) is 0. The van der Waals surface area contributed by atoms with Gasteiger partial charge in [-0.05, 0) is 24.3 Å². The topological polar surface area (TPSA) is 44.5 Å². The first-order valence-electron chi connectivity index (χ1n) is 6.29. The lowest BCUT2D eigenvalue weighted by Gasteiger charge is -2.15. The first-order valence-corrected chi connectivity index (χ1v) is 6.29. The number of hydrogen-bond acceptors (Lipinski definition) is 3. The predicted molar refractivity (Wildman–Crippen MR) is 67.6 cm³/mol. The molecule has 94 valence electrons. The van der Waals surface area contributed by atoms with Crippen molar-refractivity contribution in [1.29, 1.82) is 0 Å². The van der Waals surface area contributed by atoms with E-state index >= 15 is 0 Å². The van der Waals surface area contributed by atoms with E-state index in [2.05, 4.69) is 12.1 Å². The van der Waals surface area contributed by atoms with E-state index in [-0.39, 0.29) is 6.04 Å². The Hall–Kier alpha value is -0.900. The van der Waals surface area contributed by atoms with Gasteiger partial charge in [-0.25, -0.2) is 0 Å². The van der Waals surface area contributed by atoms with Crippen molar-refractivity contribution < 1.29 is 9.47 Å². The van der Waals surface area contributed by atoms with Crippen molar-refractivity contribution in [1.82, 2.24) is 0 Å². The van der Waals surface area contributed by atoms with Gasteiger partial charge < -0.3 is 15.2 Å². The summed E-state index contributed by atoms with van der Waals surface area (Å²) in [5, 5.41) is 0. The minimum absolute atomic E-state index is 0.130. The van der Waals surface area contributed by atoms with Crippen LogP contribution in [0.3, 0.4) is 0 Å². The maximum atomic E-state index is 6.04. The molecule has 1 fully saturated rings. The van der Waals surface area contributed by atoms with Crippen LogP contribution in [0.4, 0.5) is 0 Å². The first-order chi connectivity index (χ1) is 8.34. The molecule has 1 saturated heterocycles. The zero-order chi connectivity index (χ0) is 11.9. The van der Waals surface area contributed by atoms with Gasteiger partial charge in [-0.1, -0.05) is 30.3 Å². The number of rotatable bonds is 6. The summed E-state index contributed by atoms with van der Waals surface area (Å²) < 4.78 is 11.0. The highest BCUT2D eigenvalue weighted by atomic mass is 16.5. The van der Waals surface area contributed by atoms with Crippen LogP contribution >= 0.6 is 0 Å². The highest BCUT2D eigenvalue weighted by molar-refractivity contribution is 5.13. The standard InChI is InChI=1S/C14H21NO2/c15-14(8-13-6-7-16-10-13)11-17-9-12-4-2-1-3-5-12/h1-5,13-14H,6-11,15H2. The van der Waals surface area contributed by atoms with Crippen LogP contribution < -0.4 is 5.73 Å². The van der Waals surface area contributed by atoms with Crippen molar-refractivity contribution in [3.63, 3.8) is 0 Å². The van der Waals surface area contributed by atoms with E-state index in [1.54, 1.807) is 0 Å². The molecule has 1 aliphatic rings. The maximum absolute atomic E-state index is 6.04. The van der Waals surface area contributed by atoms with Gasteiger partial charge in [-0.3, -0.25) is 0 Å². The zero-order valence-corrected chi connectivity index (χ0v) is 10.2. The third-order valence-electron chi connectivity index (χ3n) is 3.10. The van der Waals surface area contributed by atoms with E-state index in [9.17, 15) is 0 Å². The average Bonchev–Trinajstić information content (AvgIpc) is 2.83. The smallest absolute Gasteiger partial charge is 0.0717 e. The molecule has 0 amide bonds. The molecule has 0 radical (unpaired) electrons. The molecular weight excluding hydrogens is 214 g/mol. The van der Waals surface area contributed by atoms with Crippen LogP contribution in [0.15, 0.2) is 30.3 Å². The lowest BCUT2D eigenvalue weighted by atomic mass is 10.0. The number of ether oxygens (including phenoxy) is 2. The minimum atomic E-state index is 0.130. The molecule has 17 heavy (non-hydrogen) atoms. The molecule has 0 bridgehead atoms. The molecular formula is C14H21NO2. The minimum Gasteiger partial charge on any atom is -0.381 e. The Kier molecular flexibility index (Phi) is 4.98. The van der Waals surface area contributed by atoms with Gasteiger partial charge in [0.2, 0.25) is 0 Å². The van der Waals surface area contributed by atoms with Crippen molar-refractivity contribution in [2.75, 3.05) is 19.8 Å². The highest BCUT2D eigenvalue weighted by Crippen LogP contribution is 2.17. The molecule has 0 aliphatic carbocycles. The highest BCUT2D eigenvalue weighted by Gasteiger charge is 2.18. The average molecular weight is 235 g/mol.